The van der Waals surface area contributed by atoms with E-state index in [9.17, 15) is 4.79 Å². The monoisotopic (exact) mass is 433 g/mol. The van der Waals surface area contributed by atoms with Crippen LogP contribution in [0.25, 0.3) is 11.0 Å². The van der Waals surface area contributed by atoms with E-state index in [1.165, 1.54) is 11.8 Å². The Balaban J connectivity index is 1.47. The minimum absolute atomic E-state index is 0.0375. The minimum Gasteiger partial charge on any atom is -0.490 e. The van der Waals surface area contributed by atoms with Gasteiger partial charge in [0.05, 0.1) is 30.0 Å². The lowest BCUT2D eigenvalue weighted by Gasteiger charge is -2.12. The van der Waals surface area contributed by atoms with Crippen molar-refractivity contribution in [2.45, 2.75) is 25.4 Å². The zero-order valence-electron chi connectivity index (χ0n) is 16.5. The molecule has 0 unspecified atom stereocenters. The molecule has 3 aromatic rings. The number of hydrogen-bond donors (Lipinski definition) is 2. The van der Waals surface area contributed by atoms with Gasteiger partial charge < -0.3 is 19.8 Å². The third-order valence-corrected chi connectivity index (χ3v) is 5.21. The summed E-state index contributed by atoms with van der Waals surface area (Å²) in [7, 11) is 0. The predicted octanol–water partition coefficient (Wildman–Crippen LogP) is 4.46. The number of ether oxygens (including phenoxy) is 2. The van der Waals surface area contributed by atoms with Crippen molar-refractivity contribution in [3.05, 3.63) is 47.0 Å². The molecule has 3 rings (SSSR count). The van der Waals surface area contributed by atoms with E-state index < -0.39 is 0 Å². The molecule has 0 aliphatic rings. The van der Waals surface area contributed by atoms with Gasteiger partial charge in [0.15, 0.2) is 16.7 Å². The van der Waals surface area contributed by atoms with Crippen LogP contribution in [-0.2, 0) is 11.2 Å². The van der Waals surface area contributed by atoms with Gasteiger partial charge in [-0.2, -0.15) is 0 Å². The third-order valence-electron chi connectivity index (χ3n) is 4.11. The number of carbonyl (C=O) groups is 1. The molecule has 1 amide bonds. The zero-order chi connectivity index (χ0) is 20.6. The van der Waals surface area contributed by atoms with Crippen molar-refractivity contribution >= 4 is 40.3 Å². The van der Waals surface area contributed by atoms with Gasteiger partial charge in [0.2, 0.25) is 5.91 Å². The normalized spacial score (nSPS) is 10.9. The number of nitrogens with one attached hydrogen (secondary N) is 2. The molecule has 2 N–H and O–H groups in total. The highest BCUT2D eigenvalue weighted by Gasteiger charge is 2.09. The maximum atomic E-state index is 12.1. The van der Waals surface area contributed by atoms with Gasteiger partial charge in [-0.25, -0.2) is 4.98 Å². The molecule has 0 saturated carbocycles. The molecular formula is C21H24ClN3O3S. The molecule has 0 atom stereocenters. The first-order valence-corrected chi connectivity index (χ1v) is 10.9. The summed E-state index contributed by atoms with van der Waals surface area (Å²) >= 11 is 7.35. The van der Waals surface area contributed by atoms with Crippen LogP contribution in [0.1, 0.15) is 19.4 Å². The molecule has 1 heterocycles. The molecular weight excluding hydrogens is 410 g/mol. The second kappa shape index (κ2) is 10.4. The molecule has 1 aromatic heterocycles. The number of thioether (sulfide) groups is 1. The van der Waals surface area contributed by atoms with Crippen molar-refractivity contribution in [1.82, 2.24) is 15.3 Å². The Morgan fingerprint density at radius 1 is 1.14 bits per heavy atom. The largest absolute Gasteiger partial charge is 0.490 e. The number of aromatic nitrogens is 2. The average molecular weight is 434 g/mol. The van der Waals surface area contributed by atoms with Crippen molar-refractivity contribution < 1.29 is 14.3 Å². The summed E-state index contributed by atoms with van der Waals surface area (Å²) in [5.74, 6) is 1.73. The lowest BCUT2D eigenvalue weighted by Crippen LogP contribution is -2.27. The summed E-state index contributed by atoms with van der Waals surface area (Å²) in [4.78, 5) is 19.8. The Morgan fingerprint density at radius 3 is 2.72 bits per heavy atom. The first kappa shape index (κ1) is 21.3. The highest BCUT2D eigenvalue weighted by atomic mass is 35.5. The topological polar surface area (TPSA) is 76.2 Å². The lowest BCUT2D eigenvalue weighted by atomic mass is 10.1. The first-order valence-electron chi connectivity index (χ1n) is 9.52. The van der Waals surface area contributed by atoms with Gasteiger partial charge >= 0.3 is 0 Å². The van der Waals surface area contributed by atoms with Crippen LogP contribution in [0.4, 0.5) is 0 Å². The van der Waals surface area contributed by atoms with E-state index >= 15 is 0 Å². The van der Waals surface area contributed by atoms with Crippen LogP contribution >= 0.6 is 23.4 Å². The van der Waals surface area contributed by atoms with Crippen LogP contribution in [0.15, 0.2) is 41.6 Å². The smallest absolute Gasteiger partial charge is 0.230 e. The number of carbonyl (C=O) groups excluding carboxylic acids is 1. The molecule has 8 heteroatoms. The van der Waals surface area contributed by atoms with Crippen molar-refractivity contribution in [2.24, 2.45) is 0 Å². The van der Waals surface area contributed by atoms with Gasteiger partial charge in [0.1, 0.15) is 0 Å². The summed E-state index contributed by atoms with van der Waals surface area (Å²) < 4.78 is 11.2. The molecule has 0 aliphatic carbocycles. The Hall–Kier alpha value is -2.38. The van der Waals surface area contributed by atoms with E-state index in [1.807, 2.05) is 44.2 Å². The van der Waals surface area contributed by atoms with Crippen LogP contribution in [0.5, 0.6) is 11.5 Å². The van der Waals surface area contributed by atoms with Crippen molar-refractivity contribution in [3.8, 4) is 11.5 Å². The predicted molar refractivity (Wildman–Crippen MR) is 117 cm³/mol. The summed E-state index contributed by atoms with van der Waals surface area (Å²) in [6, 6.07) is 11.3. The van der Waals surface area contributed by atoms with Gasteiger partial charge in [-0.15, -0.1) is 0 Å². The number of hydrogen-bond acceptors (Lipinski definition) is 5. The zero-order valence-corrected chi connectivity index (χ0v) is 18.0. The van der Waals surface area contributed by atoms with Crippen LogP contribution in [0, 0.1) is 0 Å². The third kappa shape index (κ3) is 6.05. The Labute approximate surface area is 179 Å². The van der Waals surface area contributed by atoms with Gasteiger partial charge in [0, 0.05) is 11.6 Å². The van der Waals surface area contributed by atoms with Gasteiger partial charge in [-0.05, 0) is 56.2 Å². The minimum atomic E-state index is -0.0375. The number of H-pyrrole nitrogens is 1. The molecule has 29 heavy (non-hydrogen) atoms. The van der Waals surface area contributed by atoms with Crippen LogP contribution in [0.2, 0.25) is 5.02 Å². The lowest BCUT2D eigenvalue weighted by molar-refractivity contribution is -0.118. The summed E-state index contributed by atoms with van der Waals surface area (Å²) in [6.45, 7) is 5.60. The van der Waals surface area contributed by atoms with E-state index in [0.717, 1.165) is 28.1 Å². The van der Waals surface area contributed by atoms with Gasteiger partial charge in [-0.3, -0.25) is 4.79 Å². The molecule has 154 valence electrons. The Morgan fingerprint density at radius 2 is 1.93 bits per heavy atom. The second-order valence-corrected chi connectivity index (χ2v) is 7.64. The van der Waals surface area contributed by atoms with Crippen molar-refractivity contribution in [3.63, 3.8) is 0 Å². The fourth-order valence-electron chi connectivity index (χ4n) is 2.81. The van der Waals surface area contributed by atoms with Crippen LogP contribution in [0.3, 0.4) is 0 Å². The number of halogens is 1. The van der Waals surface area contributed by atoms with E-state index in [-0.39, 0.29) is 5.91 Å². The number of nitrogens with zero attached hydrogens (tertiary/aromatic N) is 1. The molecule has 0 saturated heterocycles. The molecule has 0 spiro atoms. The fraction of sp³-hybridized carbons (Fsp3) is 0.333. The number of rotatable bonds is 10. The molecule has 6 nitrogen and oxygen atoms in total. The van der Waals surface area contributed by atoms with E-state index in [4.69, 9.17) is 21.1 Å². The Kier molecular flexibility index (Phi) is 7.66. The number of aromatic amines is 1. The van der Waals surface area contributed by atoms with Crippen molar-refractivity contribution in [1.29, 1.82) is 0 Å². The molecule has 0 aliphatic heterocycles. The number of benzene rings is 2. The van der Waals surface area contributed by atoms with Gasteiger partial charge in [0.25, 0.3) is 0 Å². The molecule has 0 bridgehead atoms. The SMILES string of the molecule is CCOc1ccc(CCNC(=O)CSc2nc3ccc(Cl)cc3[nH]2)cc1OCC. The van der Waals surface area contributed by atoms with Gasteiger partial charge in [-0.1, -0.05) is 29.4 Å². The number of imidazole rings is 1. The second-order valence-electron chi connectivity index (χ2n) is 6.24. The Bertz CT molecular complexity index is 977. The molecule has 0 fully saturated rings. The van der Waals surface area contributed by atoms with E-state index in [0.29, 0.717) is 42.1 Å². The standard InChI is InChI=1S/C21H24ClN3O3S/c1-3-27-18-8-5-14(11-19(18)28-4-2)9-10-23-20(26)13-29-21-24-16-7-6-15(22)12-17(16)25-21/h5-8,11-12H,3-4,9-10,13H2,1-2H3,(H,23,26)(H,24,25). The maximum Gasteiger partial charge on any atom is 0.230 e. The average Bonchev–Trinajstić information content (AvgIpc) is 3.10. The van der Waals surface area contributed by atoms with Crippen molar-refractivity contribution in [2.75, 3.05) is 25.5 Å². The summed E-state index contributed by atoms with van der Waals surface area (Å²) in [5, 5.41) is 4.29. The summed E-state index contributed by atoms with van der Waals surface area (Å²) in [5.41, 5.74) is 2.78. The fourth-order valence-corrected chi connectivity index (χ4v) is 3.70. The molecule has 0 radical (unpaired) electrons. The quantitative estimate of drug-likeness (QED) is 0.461. The number of amides is 1. The van der Waals surface area contributed by atoms with E-state index in [1.54, 1.807) is 6.07 Å². The van der Waals surface area contributed by atoms with Crippen LogP contribution in [-0.4, -0.2) is 41.4 Å². The maximum absolute atomic E-state index is 12.1. The highest BCUT2D eigenvalue weighted by molar-refractivity contribution is 7.99. The summed E-state index contributed by atoms with van der Waals surface area (Å²) in [6.07, 6.45) is 0.714. The first-order chi connectivity index (χ1) is 14.1. The number of fused-ring (bicyclic) bond motifs is 1. The molecule has 2 aromatic carbocycles. The highest BCUT2D eigenvalue weighted by Crippen LogP contribution is 2.28. The van der Waals surface area contributed by atoms with E-state index in [2.05, 4.69) is 15.3 Å². The van der Waals surface area contributed by atoms with Crippen LogP contribution < -0.4 is 14.8 Å².